The van der Waals surface area contributed by atoms with Crippen LogP contribution in [-0.4, -0.2) is 50.5 Å². The monoisotopic (exact) mass is 650 g/mol. The number of unbranched alkanes of at least 4 members (excludes halogenated alkanes) is 1. The first-order valence-corrected chi connectivity index (χ1v) is 15.9. The number of nitrogens with zero attached hydrogens (tertiary/aromatic N) is 5. The van der Waals surface area contributed by atoms with Gasteiger partial charge in [-0.05, 0) is 79.6 Å². The van der Waals surface area contributed by atoms with Crippen LogP contribution in [0.5, 0.6) is 5.75 Å². The molecule has 3 amide bonds. The highest BCUT2D eigenvalue weighted by Gasteiger charge is 2.32. The van der Waals surface area contributed by atoms with Crippen molar-refractivity contribution < 1.29 is 27.5 Å². The molecular weight excluding hydrogens is 617 g/mol. The van der Waals surface area contributed by atoms with Crippen molar-refractivity contribution in [2.24, 2.45) is 4.99 Å². The van der Waals surface area contributed by atoms with E-state index in [0.29, 0.717) is 23.2 Å². The molecule has 2 heterocycles. The van der Waals surface area contributed by atoms with Gasteiger partial charge < -0.3 is 10.1 Å². The predicted molar refractivity (Wildman–Crippen MR) is 172 cm³/mol. The van der Waals surface area contributed by atoms with E-state index in [4.69, 9.17) is 0 Å². The smallest absolute Gasteiger partial charge is 0.406 e. The Morgan fingerprint density at radius 3 is 2.52 bits per heavy atom. The van der Waals surface area contributed by atoms with Gasteiger partial charge in [-0.3, -0.25) is 9.69 Å². The number of hydrogen-bond acceptors (Lipinski definition) is 6. The number of aromatic nitrogens is 3. The number of halogens is 3. The Morgan fingerprint density at radius 1 is 1.04 bits per heavy atom. The maximum Gasteiger partial charge on any atom is 0.573 e. The lowest BCUT2D eigenvalue weighted by molar-refractivity contribution is -0.274. The lowest BCUT2D eigenvalue weighted by Crippen LogP contribution is -2.32. The maximum atomic E-state index is 12.7. The van der Waals surface area contributed by atoms with Gasteiger partial charge in [0, 0.05) is 12.1 Å². The van der Waals surface area contributed by atoms with Crippen molar-refractivity contribution in [3.05, 3.63) is 89.7 Å². The molecule has 0 bridgehead atoms. The second-order valence-electron chi connectivity index (χ2n) is 10.7. The van der Waals surface area contributed by atoms with Crippen LogP contribution in [0, 0.1) is 6.92 Å². The average molecular weight is 651 g/mol. The SMILES string of the molecule is CCCc1ccc(C)cc1N1C(=O)CSC1=NC(=O)NCCCCc1ccc(-c2ncn(-c3ccc(OC(F)(F)F)cc3)n2)cc1. The summed E-state index contributed by atoms with van der Waals surface area (Å²) in [7, 11) is 0. The van der Waals surface area contributed by atoms with E-state index in [1.165, 1.54) is 47.0 Å². The third-order valence-corrected chi connectivity index (χ3v) is 8.09. The fourth-order valence-electron chi connectivity index (χ4n) is 4.96. The van der Waals surface area contributed by atoms with Gasteiger partial charge in [-0.2, -0.15) is 4.99 Å². The molecule has 0 unspecified atom stereocenters. The third kappa shape index (κ3) is 8.53. The van der Waals surface area contributed by atoms with Crippen molar-refractivity contribution in [3.8, 4) is 22.8 Å². The second-order valence-corrected chi connectivity index (χ2v) is 11.7. The number of amidine groups is 1. The van der Waals surface area contributed by atoms with E-state index in [-0.39, 0.29) is 17.4 Å². The minimum absolute atomic E-state index is 0.0807. The van der Waals surface area contributed by atoms with E-state index in [0.717, 1.165) is 60.0 Å². The zero-order valence-electron chi connectivity index (χ0n) is 25.4. The minimum Gasteiger partial charge on any atom is -0.406 e. The van der Waals surface area contributed by atoms with Crippen molar-refractivity contribution in [2.75, 3.05) is 17.2 Å². The molecule has 1 aliphatic rings. The molecular formula is C33H33F3N6O3S. The molecule has 1 fully saturated rings. The number of aryl methyl sites for hydroxylation is 3. The summed E-state index contributed by atoms with van der Waals surface area (Å²) in [5, 5.41) is 7.68. The van der Waals surface area contributed by atoms with Crippen molar-refractivity contribution in [1.82, 2.24) is 20.1 Å². The molecule has 5 rings (SSSR count). The van der Waals surface area contributed by atoms with Gasteiger partial charge in [0.05, 0.1) is 17.1 Å². The van der Waals surface area contributed by atoms with Crippen molar-refractivity contribution in [1.29, 1.82) is 0 Å². The molecule has 240 valence electrons. The highest BCUT2D eigenvalue weighted by Crippen LogP contribution is 2.31. The van der Waals surface area contributed by atoms with Crippen molar-refractivity contribution in [2.45, 2.75) is 52.3 Å². The molecule has 0 saturated carbocycles. The summed E-state index contributed by atoms with van der Waals surface area (Å²) in [4.78, 5) is 35.5. The number of ether oxygens (including phenoxy) is 1. The lowest BCUT2D eigenvalue weighted by Gasteiger charge is -2.20. The summed E-state index contributed by atoms with van der Waals surface area (Å²) in [6, 6.07) is 18.8. The Kier molecular flexibility index (Phi) is 10.4. The molecule has 0 spiro atoms. The van der Waals surface area contributed by atoms with E-state index in [2.05, 4.69) is 32.1 Å². The van der Waals surface area contributed by atoms with Gasteiger partial charge in [0.25, 0.3) is 0 Å². The first kappa shape index (κ1) is 32.7. The standard InChI is InChI=1S/C33H33F3N6O3S/c1-3-6-24-11-8-22(2)19-28(24)42-29(43)20-46-32(42)39-31(44)37-18-5-4-7-23-9-12-25(13-10-23)30-38-21-41(40-30)26-14-16-27(17-15-26)45-33(34,35)36/h8-17,19,21H,3-7,18,20H2,1-2H3,(H,37,44). The van der Waals surface area contributed by atoms with Crippen LogP contribution in [0.15, 0.2) is 78.0 Å². The van der Waals surface area contributed by atoms with E-state index < -0.39 is 12.4 Å². The number of nitrogens with one attached hydrogen (secondary N) is 1. The Balaban J connectivity index is 1.09. The molecule has 13 heteroatoms. The van der Waals surface area contributed by atoms with Crippen LogP contribution in [0.25, 0.3) is 17.1 Å². The average Bonchev–Trinajstić information content (AvgIpc) is 3.65. The maximum absolute atomic E-state index is 12.7. The number of anilines is 1. The van der Waals surface area contributed by atoms with Crippen LogP contribution in [0.3, 0.4) is 0 Å². The van der Waals surface area contributed by atoms with E-state index in [1.807, 2.05) is 49.4 Å². The van der Waals surface area contributed by atoms with Gasteiger partial charge in [0.1, 0.15) is 12.1 Å². The third-order valence-electron chi connectivity index (χ3n) is 7.17. The number of carbonyl (C=O) groups is 2. The molecule has 0 atom stereocenters. The molecule has 3 aromatic carbocycles. The Labute approximate surface area is 268 Å². The van der Waals surface area contributed by atoms with Gasteiger partial charge in [0.2, 0.25) is 5.91 Å². The highest BCUT2D eigenvalue weighted by molar-refractivity contribution is 8.15. The first-order chi connectivity index (χ1) is 22.1. The summed E-state index contributed by atoms with van der Waals surface area (Å²) in [6.45, 7) is 4.53. The molecule has 0 aliphatic carbocycles. The number of aliphatic imine (C=N–C) groups is 1. The molecule has 1 N–H and O–H groups in total. The predicted octanol–water partition coefficient (Wildman–Crippen LogP) is 7.26. The summed E-state index contributed by atoms with van der Waals surface area (Å²) < 4.78 is 42.6. The number of thioether (sulfide) groups is 1. The number of urea groups is 1. The fraction of sp³-hybridized carbons (Fsp3) is 0.303. The number of carbonyl (C=O) groups excluding carboxylic acids is 2. The Morgan fingerprint density at radius 2 is 1.80 bits per heavy atom. The highest BCUT2D eigenvalue weighted by atomic mass is 32.2. The fourth-order valence-corrected chi connectivity index (χ4v) is 5.82. The van der Waals surface area contributed by atoms with Crippen molar-refractivity contribution in [3.63, 3.8) is 0 Å². The van der Waals surface area contributed by atoms with Gasteiger partial charge in [-0.15, -0.1) is 18.3 Å². The molecule has 4 aromatic rings. The summed E-state index contributed by atoms with van der Waals surface area (Å²) in [5.41, 5.74) is 5.36. The molecule has 46 heavy (non-hydrogen) atoms. The Hall–Kier alpha value is -4.65. The van der Waals surface area contributed by atoms with Crippen LogP contribution in [0.4, 0.5) is 23.7 Å². The first-order valence-electron chi connectivity index (χ1n) is 14.9. The number of rotatable bonds is 11. The summed E-state index contributed by atoms with van der Waals surface area (Å²) >= 11 is 1.27. The van der Waals surface area contributed by atoms with E-state index in [9.17, 15) is 22.8 Å². The largest absolute Gasteiger partial charge is 0.573 e. The summed E-state index contributed by atoms with van der Waals surface area (Å²) in [5.74, 6) is 0.342. The quantitative estimate of drug-likeness (QED) is 0.172. The van der Waals surface area contributed by atoms with Gasteiger partial charge in [0.15, 0.2) is 11.0 Å². The lowest BCUT2D eigenvalue weighted by atomic mass is 10.0. The zero-order valence-corrected chi connectivity index (χ0v) is 26.2. The van der Waals surface area contributed by atoms with Gasteiger partial charge >= 0.3 is 12.4 Å². The topological polar surface area (TPSA) is 102 Å². The number of alkyl halides is 3. The Bertz CT molecular complexity index is 1710. The molecule has 9 nitrogen and oxygen atoms in total. The van der Waals surface area contributed by atoms with E-state index >= 15 is 0 Å². The van der Waals surface area contributed by atoms with Crippen molar-refractivity contribution >= 4 is 34.6 Å². The molecule has 1 aliphatic heterocycles. The number of benzene rings is 3. The van der Waals surface area contributed by atoms with Gasteiger partial charge in [-0.25, -0.2) is 14.5 Å². The molecule has 1 saturated heterocycles. The second kappa shape index (κ2) is 14.6. The van der Waals surface area contributed by atoms with E-state index in [1.54, 1.807) is 4.90 Å². The van der Waals surface area contributed by atoms with Crippen LogP contribution in [0.1, 0.15) is 42.9 Å². The van der Waals surface area contributed by atoms with Crippen LogP contribution >= 0.6 is 11.8 Å². The molecule has 0 radical (unpaired) electrons. The van der Waals surface area contributed by atoms with Gasteiger partial charge in [-0.1, -0.05) is 61.5 Å². The number of amides is 3. The normalized spacial score (nSPS) is 14.2. The molecule has 1 aromatic heterocycles. The van der Waals surface area contributed by atoms with Crippen LogP contribution in [-0.2, 0) is 17.6 Å². The number of hydrogen-bond donors (Lipinski definition) is 1. The van der Waals surface area contributed by atoms with Crippen LogP contribution in [0.2, 0.25) is 0 Å². The zero-order chi connectivity index (χ0) is 32.7. The summed E-state index contributed by atoms with van der Waals surface area (Å²) in [6.07, 6.45) is 0.934. The van der Waals surface area contributed by atoms with Crippen LogP contribution < -0.4 is 15.0 Å². The minimum atomic E-state index is -4.75.